The van der Waals surface area contributed by atoms with Gasteiger partial charge in [0.15, 0.2) is 0 Å². The standard InChI is InChI=1S/C23H39NO3/c1-13(2)16-10-9-14(3)12-18(16)26-22-20-17-8-7-11-24(17)23(5,6)15(4)19(20)21(25)27-22/h13-20,22H,7-12H2,1-6H3/t14-,15+,16+,17+,18-,19+,20-,22-/m1/s1. The molecule has 4 heteroatoms. The van der Waals surface area contributed by atoms with Gasteiger partial charge in [-0.05, 0) is 69.7 Å². The molecular formula is C23H39NO3. The molecule has 0 bridgehead atoms. The maximum Gasteiger partial charge on any atom is 0.312 e. The van der Waals surface area contributed by atoms with Crippen molar-refractivity contribution in [2.75, 3.05) is 6.54 Å². The lowest BCUT2D eigenvalue weighted by Crippen LogP contribution is -2.62. The summed E-state index contributed by atoms with van der Waals surface area (Å²) < 4.78 is 12.6. The molecule has 3 aliphatic heterocycles. The van der Waals surface area contributed by atoms with Crippen molar-refractivity contribution < 1.29 is 14.3 Å². The number of hydrogen-bond acceptors (Lipinski definition) is 4. The van der Waals surface area contributed by atoms with Gasteiger partial charge in [0, 0.05) is 11.6 Å². The number of carbonyl (C=O) groups excluding carboxylic acids is 1. The Labute approximate surface area is 165 Å². The predicted octanol–water partition coefficient (Wildman–Crippen LogP) is 4.47. The summed E-state index contributed by atoms with van der Waals surface area (Å²) in [5.41, 5.74) is 0.0517. The van der Waals surface area contributed by atoms with Crippen LogP contribution in [0.15, 0.2) is 0 Å². The first-order valence-electron chi connectivity index (χ1n) is 11.3. The van der Waals surface area contributed by atoms with Gasteiger partial charge in [0.25, 0.3) is 0 Å². The van der Waals surface area contributed by atoms with Crippen molar-refractivity contribution in [1.82, 2.24) is 4.90 Å². The lowest BCUT2D eigenvalue weighted by Gasteiger charge is -2.53. The number of esters is 1. The molecule has 1 saturated carbocycles. The fourth-order valence-electron chi connectivity index (χ4n) is 6.73. The van der Waals surface area contributed by atoms with Crippen LogP contribution in [0, 0.1) is 35.5 Å². The van der Waals surface area contributed by atoms with Crippen LogP contribution in [0.5, 0.6) is 0 Å². The van der Waals surface area contributed by atoms with Crippen LogP contribution in [0.3, 0.4) is 0 Å². The molecular weight excluding hydrogens is 338 g/mol. The molecule has 0 N–H and O–H groups in total. The normalized spacial score (nSPS) is 47.0. The van der Waals surface area contributed by atoms with Crippen LogP contribution in [-0.4, -0.2) is 41.4 Å². The highest BCUT2D eigenvalue weighted by molar-refractivity contribution is 5.76. The second-order valence-electron chi connectivity index (χ2n) is 10.8. The maximum atomic E-state index is 12.9. The van der Waals surface area contributed by atoms with E-state index in [-0.39, 0.29) is 35.7 Å². The third-order valence-corrected chi connectivity index (χ3v) is 8.64. The molecule has 27 heavy (non-hydrogen) atoms. The van der Waals surface area contributed by atoms with Crippen molar-refractivity contribution >= 4 is 5.97 Å². The minimum absolute atomic E-state index is 0.0112. The minimum Gasteiger partial charge on any atom is -0.435 e. The third kappa shape index (κ3) is 3.15. The van der Waals surface area contributed by atoms with Crippen LogP contribution in [0.25, 0.3) is 0 Å². The molecule has 3 heterocycles. The topological polar surface area (TPSA) is 38.8 Å². The second kappa shape index (κ2) is 7.02. The summed E-state index contributed by atoms with van der Waals surface area (Å²) in [7, 11) is 0. The molecule has 4 nitrogen and oxygen atoms in total. The molecule has 0 aromatic heterocycles. The molecule has 8 atom stereocenters. The molecule has 1 aliphatic carbocycles. The van der Waals surface area contributed by atoms with Gasteiger partial charge >= 0.3 is 5.97 Å². The number of piperidine rings is 1. The van der Waals surface area contributed by atoms with E-state index in [9.17, 15) is 4.79 Å². The van der Waals surface area contributed by atoms with Gasteiger partial charge < -0.3 is 9.47 Å². The van der Waals surface area contributed by atoms with Gasteiger partial charge in [-0.3, -0.25) is 9.69 Å². The first kappa shape index (κ1) is 19.7. The molecule has 4 aliphatic rings. The summed E-state index contributed by atoms with van der Waals surface area (Å²) in [6, 6.07) is 0.427. The summed E-state index contributed by atoms with van der Waals surface area (Å²) in [4.78, 5) is 15.6. The highest BCUT2D eigenvalue weighted by atomic mass is 16.7. The lowest BCUT2D eigenvalue weighted by molar-refractivity contribution is -0.204. The van der Waals surface area contributed by atoms with Crippen LogP contribution >= 0.6 is 0 Å². The SMILES string of the molecule is CC(C)[C@@H]1CC[C@@H](C)C[C@H]1O[C@@H]1OC(=O)[C@@H]2[C@H]1[C@@H]1CCCN1C(C)(C)[C@H]2C. The fraction of sp³-hybridized carbons (Fsp3) is 0.957. The zero-order chi connectivity index (χ0) is 19.5. The van der Waals surface area contributed by atoms with Crippen molar-refractivity contribution in [2.24, 2.45) is 35.5 Å². The molecule has 4 fully saturated rings. The van der Waals surface area contributed by atoms with Crippen LogP contribution in [0.2, 0.25) is 0 Å². The highest BCUT2D eigenvalue weighted by Gasteiger charge is 2.62. The van der Waals surface area contributed by atoms with E-state index in [1.165, 1.54) is 25.7 Å². The first-order valence-corrected chi connectivity index (χ1v) is 11.3. The van der Waals surface area contributed by atoms with Gasteiger partial charge in [0.1, 0.15) is 0 Å². The zero-order valence-corrected chi connectivity index (χ0v) is 18.1. The summed E-state index contributed by atoms with van der Waals surface area (Å²) in [6.07, 6.45) is 5.90. The Hall–Kier alpha value is -0.610. The highest BCUT2D eigenvalue weighted by Crippen LogP contribution is 2.53. The third-order valence-electron chi connectivity index (χ3n) is 8.64. The minimum atomic E-state index is -0.344. The Morgan fingerprint density at radius 1 is 1.19 bits per heavy atom. The van der Waals surface area contributed by atoms with E-state index in [1.807, 2.05) is 0 Å². The second-order valence-corrected chi connectivity index (χ2v) is 10.8. The Morgan fingerprint density at radius 3 is 2.63 bits per heavy atom. The fourth-order valence-corrected chi connectivity index (χ4v) is 6.73. The predicted molar refractivity (Wildman–Crippen MR) is 106 cm³/mol. The van der Waals surface area contributed by atoms with Crippen molar-refractivity contribution in [3.05, 3.63) is 0 Å². The molecule has 3 saturated heterocycles. The average molecular weight is 378 g/mol. The van der Waals surface area contributed by atoms with Crippen molar-refractivity contribution in [3.8, 4) is 0 Å². The van der Waals surface area contributed by atoms with Crippen molar-refractivity contribution in [3.63, 3.8) is 0 Å². The Balaban J connectivity index is 1.58. The molecule has 0 spiro atoms. The quantitative estimate of drug-likeness (QED) is 0.680. The number of nitrogens with zero attached hydrogens (tertiary/aromatic N) is 1. The number of hydrogen-bond donors (Lipinski definition) is 0. The largest absolute Gasteiger partial charge is 0.435 e. The van der Waals surface area contributed by atoms with Gasteiger partial charge in [-0.25, -0.2) is 0 Å². The summed E-state index contributed by atoms with van der Waals surface area (Å²) in [5.74, 6) is 2.37. The molecule has 0 amide bonds. The monoisotopic (exact) mass is 377 g/mol. The number of ether oxygens (including phenoxy) is 2. The molecule has 4 rings (SSSR count). The Morgan fingerprint density at radius 2 is 1.93 bits per heavy atom. The van der Waals surface area contributed by atoms with E-state index in [0.717, 1.165) is 13.0 Å². The van der Waals surface area contributed by atoms with Crippen molar-refractivity contribution in [2.45, 2.75) is 97.6 Å². The number of carbonyl (C=O) groups is 1. The van der Waals surface area contributed by atoms with Gasteiger partial charge in [-0.1, -0.05) is 34.1 Å². The van der Waals surface area contributed by atoms with Gasteiger partial charge in [-0.2, -0.15) is 0 Å². The van der Waals surface area contributed by atoms with Crippen molar-refractivity contribution in [1.29, 1.82) is 0 Å². The number of fused-ring (bicyclic) bond motifs is 3. The van der Waals surface area contributed by atoms with E-state index < -0.39 is 0 Å². The van der Waals surface area contributed by atoms with Gasteiger partial charge in [0.05, 0.1) is 17.9 Å². The molecule has 0 aromatic rings. The van der Waals surface area contributed by atoms with Gasteiger partial charge in [-0.15, -0.1) is 0 Å². The summed E-state index contributed by atoms with van der Waals surface area (Å²) in [5, 5.41) is 0. The Bertz CT molecular complexity index is 574. The molecule has 0 radical (unpaired) electrons. The van der Waals surface area contributed by atoms with Crippen LogP contribution < -0.4 is 0 Å². The molecule has 0 aromatic carbocycles. The van der Waals surface area contributed by atoms with E-state index >= 15 is 0 Å². The Kier molecular flexibility index (Phi) is 5.12. The molecule has 154 valence electrons. The van der Waals surface area contributed by atoms with E-state index in [2.05, 4.69) is 46.4 Å². The van der Waals surface area contributed by atoms with E-state index in [0.29, 0.717) is 29.7 Å². The van der Waals surface area contributed by atoms with Gasteiger partial charge in [0.2, 0.25) is 6.29 Å². The smallest absolute Gasteiger partial charge is 0.312 e. The maximum absolute atomic E-state index is 12.9. The zero-order valence-electron chi connectivity index (χ0n) is 18.1. The van der Waals surface area contributed by atoms with E-state index in [4.69, 9.17) is 9.47 Å². The summed E-state index contributed by atoms with van der Waals surface area (Å²) >= 11 is 0. The van der Waals surface area contributed by atoms with Crippen LogP contribution in [0.1, 0.15) is 73.6 Å². The van der Waals surface area contributed by atoms with E-state index in [1.54, 1.807) is 0 Å². The number of cyclic esters (lactones) is 1. The average Bonchev–Trinajstić information content (AvgIpc) is 3.18. The van der Waals surface area contributed by atoms with Crippen LogP contribution in [0.4, 0.5) is 0 Å². The van der Waals surface area contributed by atoms with Crippen LogP contribution in [-0.2, 0) is 14.3 Å². The summed E-state index contributed by atoms with van der Waals surface area (Å²) in [6.45, 7) is 15.0. The molecule has 0 unspecified atom stereocenters. The lowest BCUT2D eigenvalue weighted by atomic mass is 9.66. The number of rotatable bonds is 3. The first-order chi connectivity index (χ1) is 12.7.